The lowest BCUT2D eigenvalue weighted by atomic mass is 9.82. The van der Waals surface area contributed by atoms with E-state index in [9.17, 15) is 24.4 Å². The molecule has 0 heterocycles. The standard InChI is InChI=1S/C45H52N2O9/c1-29(27-52-4)28-54-39-18-20-40(21-19-39)55-44(50)37-13-15-38(16-14-37)45(51)56-41-22-17-34(23-24-53-43(49)36-11-7-33(26-48)8-12-36)30(2)42(41)47-31(3)35-9-5-32(25-46)6-10-35/h5-6,9-10,17-22,26,29,33,36-38H,7-8,11-16,23-24,27-28H2,1-4H3. The molecule has 0 spiro atoms. The number of nitriles is 1. The summed E-state index contributed by atoms with van der Waals surface area (Å²) in [6, 6.07) is 19.8. The summed E-state index contributed by atoms with van der Waals surface area (Å²) in [7, 11) is 1.66. The number of nitrogens with zero attached hydrogens (tertiary/aromatic N) is 2. The molecule has 1 unspecified atom stereocenters. The zero-order valence-electron chi connectivity index (χ0n) is 32.8. The van der Waals surface area contributed by atoms with E-state index in [0.717, 1.165) is 23.0 Å². The van der Waals surface area contributed by atoms with Crippen LogP contribution in [-0.4, -0.2) is 56.8 Å². The van der Waals surface area contributed by atoms with Crippen molar-refractivity contribution in [1.29, 1.82) is 5.26 Å². The summed E-state index contributed by atoms with van der Waals surface area (Å²) in [4.78, 5) is 55.4. The van der Waals surface area contributed by atoms with Crippen molar-refractivity contribution in [3.8, 4) is 23.3 Å². The average molecular weight is 765 g/mol. The molecule has 0 radical (unpaired) electrons. The van der Waals surface area contributed by atoms with Crippen LogP contribution >= 0.6 is 0 Å². The number of benzene rings is 3. The van der Waals surface area contributed by atoms with Gasteiger partial charge in [-0.3, -0.25) is 14.4 Å². The van der Waals surface area contributed by atoms with Gasteiger partial charge in [-0.15, -0.1) is 0 Å². The quantitative estimate of drug-likeness (QED) is 0.0606. The topological polar surface area (TPSA) is 151 Å². The first-order valence-electron chi connectivity index (χ1n) is 19.5. The summed E-state index contributed by atoms with van der Waals surface area (Å²) in [6.45, 7) is 7.10. The first kappa shape index (κ1) is 41.8. The zero-order valence-corrected chi connectivity index (χ0v) is 32.8. The summed E-state index contributed by atoms with van der Waals surface area (Å²) in [6.07, 6.45) is 6.09. The Morgan fingerprint density at radius 1 is 0.804 bits per heavy atom. The number of rotatable bonds is 16. The number of aliphatic imine (C=N–C) groups is 1. The fraction of sp³-hybridized carbons (Fsp3) is 0.467. The van der Waals surface area contributed by atoms with Crippen LogP contribution in [0.2, 0.25) is 0 Å². The van der Waals surface area contributed by atoms with Gasteiger partial charge in [0, 0.05) is 31.1 Å². The average Bonchev–Trinajstić information content (AvgIpc) is 3.22. The number of ether oxygens (including phenoxy) is 5. The van der Waals surface area contributed by atoms with Crippen LogP contribution < -0.4 is 14.2 Å². The summed E-state index contributed by atoms with van der Waals surface area (Å²) in [5.74, 6) is -0.155. The molecule has 1 atom stereocenters. The van der Waals surface area contributed by atoms with Crippen molar-refractivity contribution in [2.24, 2.45) is 34.6 Å². The summed E-state index contributed by atoms with van der Waals surface area (Å²) in [5, 5.41) is 9.24. The maximum absolute atomic E-state index is 13.6. The van der Waals surface area contributed by atoms with Crippen LogP contribution in [-0.2, 0) is 35.1 Å². The number of esters is 3. The highest BCUT2D eigenvalue weighted by atomic mass is 16.5. The molecule has 2 saturated carbocycles. The predicted molar refractivity (Wildman–Crippen MR) is 210 cm³/mol. The highest BCUT2D eigenvalue weighted by Gasteiger charge is 2.33. The van der Waals surface area contributed by atoms with Crippen molar-refractivity contribution in [3.05, 3.63) is 82.9 Å². The molecule has 0 bridgehead atoms. The highest BCUT2D eigenvalue weighted by molar-refractivity contribution is 6.01. The van der Waals surface area contributed by atoms with Gasteiger partial charge in [0.25, 0.3) is 0 Å². The Hall–Kier alpha value is -5.34. The van der Waals surface area contributed by atoms with Crippen molar-refractivity contribution >= 4 is 35.6 Å². The molecular weight excluding hydrogens is 712 g/mol. The Kier molecular flexibility index (Phi) is 15.3. The maximum Gasteiger partial charge on any atom is 0.314 e. The van der Waals surface area contributed by atoms with Crippen molar-refractivity contribution in [2.75, 3.05) is 26.9 Å². The number of hydrogen-bond acceptors (Lipinski definition) is 11. The van der Waals surface area contributed by atoms with Gasteiger partial charge in [0.05, 0.1) is 49.2 Å². The van der Waals surface area contributed by atoms with Crippen LogP contribution in [0.15, 0.2) is 65.7 Å². The van der Waals surface area contributed by atoms with Crippen LogP contribution in [0.25, 0.3) is 0 Å². The molecule has 11 heteroatoms. The van der Waals surface area contributed by atoms with Gasteiger partial charge < -0.3 is 28.5 Å². The minimum Gasteiger partial charge on any atom is -0.493 e. The minimum atomic E-state index is -0.395. The Morgan fingerprint density at radius 2 is 1.39 bits per heavy atom. The van der Waals surface area contributed by atoms with Gasteiger partial charge >= 0.3 is 17.9 Å². The Bertz CT molecular complexity index is 1880. The molecular formula is C45H52N2O9. The van der Waals surface area contributed by atoms with Gasteiger partial charge in [0.2, 0.25) is 0 Å². The molecule has 0 N–H and O–H groups in total. The first-order chi connectivity index (χ1) is 27.1. The molecule has 2 aliphatic rings. The fourth-order valence-corrected chi connectivity index (χ4v) is 7.23. The molecule has 3 aromatic carbocycles. The van der Waals surface area contributed by atoms with E-state index in [0.29, 0.717) is 105 Å². The second-order valence-corrected chi connectivity index (χ2v) is 15.0. The van der Waals surface area contributed by atoms with Gasteiger partial charge in [0.1, 0.15) is 23.5 Å². The highest BCUT2D eigenvalue weighted by Crippen LogP contribution is 2.37. The molecule has 11 nitrogen and oxygen atoms in total. The van der Waals surface area contributed by atoms with Crippen LogP contribution in [0.1, 0.15) is 87.5 Å². The molecule has 56 heavy (non-hydrogen) atoms. The van der Waals surface area contributed by atoms with Gasteiger partial charge in [-0.1, -0.05) is 25.1 Å². The van der Waals surface area contributed by atoms with Gasteiger partial charge in [-0.25, -0.2) is 4.99 Å². The van der Waals surface area contributed by atoms with Crippen LogP contribution in [0.3, 0.4) is 0 Å². The molecule has 3 aromatic rings. The third-order valence-corrected chi connectivity index (χ3v) is 10.8. The van der Waals surface area contributed by atoms with E-state index >= 15 is 0 Å². The first-order valence-corrected chi connectivity index (χ1v) is 19.5. The van der Waals surface area contributed by atoms with E-state index in [1.165, 1.54) is 0 Å². The summed E-state index contributed by atoms with van der Waals surface area (Å²) >= 11 is 0. The monoisotopic (exact) mass is 764 g/mol. The number of carbonyl (C=O) groups excluding carboxylic acids is 4. The lowest BCUT2D eigenvalue weighted by Gasteiger charge is -2.26. The summed E-state index contributed by atoms with van der Waals surface area (Å²) < 4.78 is 28.3. The van der Waals surface area contributed by atoms with Crippen LogP contribution in [0.5, 0.6) is 17.2 Å². The Morgan fingerprint density at radius 3 is 2.00 bits per heavy atom. The van der Waals surface area contributed by atoms with E-state index < -0.39 is 5.92 Å². The van der Waals surface area contributed by atoms with Crippen LogP contribution in [0.4, 0.5) is 5.69 Å². The zero-order chi connectivity index (χ0) is 40.0. The normalized spacial score (nSPS) is 20.2. The molecule has 2 aliphatic carbocycles. The van der Waals surface area contributed by atoms with E-state index in [2.05, 4.69) is 6.07 Å². The maximum atomic E-state index is 13.6. The van der Waals surface area contributed by atoms with Crippen LogP contribution in [0, 0.1) is 47.8 Å². The minimum absolute atomic E-state index is 0.0247. The summed E-state index contributed by atoms with van der Waals surface area (Å²) in [5.41, 5.74) is 4.19. The van der Waals surface area contributed by atoms with E-state index in [1.54, 1.807) is 49.6 Å². The second kappa shape index (κ2) is 20.5. The second-order valence-electron chi connectivity index (χ2n) is 15.0. The molecule has 5 rings (SSSR count). The van der Waals surface area contributed by atoms with Gasteiger partial charge in [0.15, 0.2) is 5.75 Å². The van der Waals surface area contributed by atoms with Crippen molar-refractivity contribution < 1.29 is 42.9 Å². The van der Waals surface area contributed by atoms with Gasteiger partial charge in [-0.2, -0.15) is 5.26 Å². The smallest absolute Gasteiger partial charge is 0.314 e. The lowest BCUT2D eigenvalue weighted by molar-refractivity contribution is -0.150. The fourth-order valence-electron chi connectivity index (χ4n) is 7.23. The van der Waals surface area contributed by atoms with Gasteiger partial charge in [-0.05, 0) is 124 Å². The number of carbonyl (C=O) groups is 4. The Balaban J connectivity index is 1.20. The van der Waals surface area contributed by atoms with Crippen molar-refractivity contribution in [1.82, 2.24) is 0 Å². The van der Waals surface area contributed by atoms with E-state index in [1.807, 2.05) is 39.0 Å². The Labute approximate surface area is 329 Å². The van der Waals surface area contributed by atoms with Crippen molar-refractivity contribution in [2.45, 2.75) is 78.6 Å². The lowest BCUT2D eigenvalue weighted by Crippen LogP contribution is -2.30. The van der Waals surface area contributed by atoms with E-state index in [4.69, 9.17) is 28.7 Å². The third-order valence-electron chi connectivity index (χ3n) is 10.8. The molecule has 0 amide bonds. The molecule has 0 aliphatic heterocycles. The van der Waals surface area contributed by atoms with Crippen molar-refractivity contribution in [3.63, 3.8) is 0 Å². The van der Waals surface area contributed by atoms with E-state index in [-0.39, 0.29) is 48.2 Å². The number of methoxy groups -OCH3 is 1. The SMILES string of the molecule is COCC(C)COc1ccc(OC(=O)C2CCC(C(=O)Oc3ccc(CCOC(=O)C4CCC(C=O)CC4)c(C)c3N=C(C)c3ccc(C#N)cc3)CC2)cc1. The number of hydrogen-bond donors (Lipinski definition) is 0. The molecule has 296 valence electrons. The largest absolute Gasteiger partial charge is 0.493 e. The molecule has 0 aromatic heterocycles. The predicted octanol–water partition coefficient (Wildman–Crippen LogP) is 8.08. The number of aldehydes is 1. The third kappa shape index (κ3) is 11.6. The molecule has 0 saturated heterocycles. The molecule has 2 fully saturated rings.